The van der Waals surface area contributed by atoms with Crippen LogP contribution < -0.4 is 0 Å². The van der Waals surface area contributed by atoms with Crippen molar-refractivity contribution in [2.75, 3.05) is 6.61 Å². The van der Waals surface area contributed by atoms with E-state index in [-0.39, 0.29) is 5.97 Å². The average Bonchev–Trinajstić information content (AvgIpc) is 2.62. The second-order valence-electron chi connectivity index (χ2n) is 7.19. The van der Waals surface area contributed by atoms with E-state index in [1.54, 1.807) is 0 Å². The van der Waals surface area contributed by atoms with Crippen LogP contribution in [0.3, 0.4) is 0 Å². The predicted molar refractivity (Wildman–Crippen MR) is 115 cm³/mol. The van der Waals surface area contributed by atoms with Crippen LogP contribution in [0.1, 0.15) is 110 Å². The smallest absolute Gasteiger partial charge is 0.463 e. The molecule has 28 heavy (non-hydrogen) atoms. The van der Waals surface area contributed by atoms with E-state index in [2.05, 4.69) is 13.5 Å². The van der Waals surface area contributed by atoms with Gasteiger partial charge in [-0.15, -0.1) is 0 Å². The Bertz CT molecular complexity index is 386. The molecule has 0 radical (unpaired) electrons. The molecule has 0 aromatic carbocycles. The minimum absolute atomic E-state index is 0.300. The van der Waals surface area contributed by atoms with E-state index < -0.39 is 7.82 Å². The number of esters is 1. The van der Waals surface area contributed by atoms with Crippen LogP contribution in [-0.2, 0) is 14.1 Å². The highest BCUT2D eigenvalue weighted by Gasteiger charge is 2.00. The first kappa shape index (κ1) is 29.5. The van der Waals surface area contributed by atoms with Crippen molar-refractivity contribution in [2.45, 2.75) is 110 Å². The number of hydrogen-bond donors (Lipinski definition) is 3. The van der Waals surface area contributed by atoms with Crippen molar-refractivity contribution in [3.63, 3.8) is 0 Å². The zero-order chi connectivity index (χ0) is 21.5. The third kappa shape index (κ3) is 36.3. The molecule has 0 amide bonds. The molecule has 0 spiro atoms. The fraction of sp³-hybridized carbons (Fsp3) is 0.857. The third-order valence-corrected chi connectivity index (χ3v) is 4.41. The molecule has 168 valence electrons. The summed E-state index contributed by atoms with van der Waals surface area (Å²) in [5.41, 5.74) is 0. The topological polar surface area (TPSA) is 104 Å². The summed E-state index contributed by atoms with van der Waals surface area (Å²) in [6.45, 7) is 6.20. The lowest BCUT2D eigenvalue weighted by Gasteiger charge is -2.04. The highest BCUT2D eigenvalue weighted by Crippen LogP contribution is 2.25. The van der Waals surface area contributed by atoms with Gasteiger partial charge in [0.05, 0.1) is 6.61 Å². The Kier molecular flexibility index (Phi) is 23.8. The van der Waals surface area contributed by atoms with Crippen molar-refractivity contribution in [1.29, 1.82) is 0 Å². The molecule has 0 aliphatic rings. The van der Waals surface area contributed by atoms with Crippen molar-refractivity contribution >= 4 is 13.8 Å². The summed E-state index contributed by atoms with van der Waals surface area (Å²) in [5.74, 6) is -0.300. The molecule has 6 nitrogen and oxygen atoms in total. The fourth-order valence-corrected chi connectivity index (χ4v) is 2.88. The Balaban J connectivity index is 0. The number of rotatable bonds is 18. The maximum absolute atomic E-state index is 10.8. The lowest BCUT2D eigenvalue weighted by Crippen LogP contribution is -2.01. The quantitative estimate of drug-likeness (QED) is 0.107. The van der Waals surface area contributed by atoms with Crippen LogP contribution in [0.4, 0.5) is 0 Å². The summed E-state index contributed by atoms with van der Waals surface area (Å²) in [6.07, 6.45) is 23.0. The number of hydrogen-bond acceptors (Lipinski definition) is 3. The number of ether oxygens (including phenoxy) is 1. The number of carbonyl (C=O) groups excluding carboxylic acids is 1. The first-order chi connectivity index (χ1) is 13.3. The van der Waals surface area contributed by atoms with Crippen LogP contribution >= 0.6 is 7.82 Å². The number of phosphoric acid groups is 1. The largest absolute Gasteiger partial charge is 0.466 e. The summed E-state index contributed by atoms with van der Waals surface area (Å²) in [7, 11) is -4.64. The Morgan fingerprint density at radius 3 is 1.32 bits per heavy atom. The molecule has 0 unspecified atom stereocenters. The molecule has 0 heterocycles. The molecule has 0 aromatic rings. The van der Waals surface area contributed by atoms with Gasteiger partial charge in [-0.2, -0.15) is 0 Å². The van der Waals surface area contributed by atoms with Gasteiger partial charge >= 0.3 is 13.8 Å². The van der Waals surface area contributed by atoms with Gasteiger partial charge in [0, 0.05) is 6.08 Å². The van der Waals surface area contributed by atoms with Gasteiger partial charge in [-0.25, -0.2) is 9.36 Å². The van der Waals surface area contributed by atoms with Crippen LogP contribution in [0.25, 0.3) is 0 Å². The maximum Gasteiger partial charge on any atom is 0.466 e. The molecule has 0 aromatic heterocycles. The van der Waals surface area contributed by atoms with Crippen LogP contribution in [-0.4, -0.2) is 27.3 Å². The molecular formula is C21H43O6P. The number of carbonyl (C=O) groups is 1. The molecule has 0 aliphatic heterocycles. The minimum Gasteiger partial charge on any atom is -0.463 e. The van der Waals surface area contributed by atoms with Crippen LogP contribution in [0, 0.1) is 0 Å². The molecule has 0 aliphatic carbocycles. The third-order valence-electron chi connectivity index (χ3n) is 4.41. The maximum atomic E-state index is 10.8. The van der Waals surface area contributed by atoms with Gasteiger partial charge in [0.25, 0.3) is 0 Å². The van der Waals surface area contributed by atoms with E-state index >= 15 is 0 Å². The van der Waals surface area contributed by atoms with Gasteiger partial charge in [0.15, 0.2) is 0 Å². The van der Waals surface area contributed by atoms with Gasteiger partial charge in [0.2, 0.25) is 0 Å². The molecule has 3 N–H and O–H groups in total. The molecule has 0 rings (SSSR count). The van der Waals surface area contributed by atoms with E-state index in [0.717, 1.165) is 6.42 Å². The van der Waals surface area contributed by atoms with Crippen molar-refractivity contribution < 1.29 is 28.8 Å². The molecule has 0 fully saturated rings. The van der Waals surface area contributed by atoms with E-state index in [9.17, 15) is 4.79 Å². The fourth-order valence-electron chi connectivity index (χ4n) is 2.88. The molecule has 0 bridgehead atoms. The minimum atomic E-state index is -4.64. The van der Waals surface area contributed by atoms with Crippen molar-refractivity contribution in [3.05, 3.63) is 12.7 Å². The lowest BCUT2D eigenvalue weighted by atomic mass is 10.0. The lowest BCUT2D eigenvalue weighted by molar-refractivity contribution is -0.137. The highest BCUT2D eigenvalue weighted by atomic mass is 31.2. The van der Waals surface area contributed by atoms with E-state index in [0.29, 0.717) is 6.61 Å². The summed E-state index contributed by atoms with van der Waals surface area (Å²) in [6, 6.07) is 0. The highest BCUT2D eigenvalue weighted by molar-refractivity contribution is 7.45. The second-order valence-corrected chi connectivity index (χ2v) is 8.21. The molecular weight excluding hydrogens is 379 g/mol. The molecule has 0 atom stereocenters. The Hall–Kier alpha value is -0.680. The normalized spacial score (nSPS) is 10.9. The van der Waals surface area contributed by atoms with Crippen LogP contribution in [0.5, 0.6) is 0 Å². The monoisotopic (exact) mass is 422 g/mol. The second kappa shape index (κ2) is 22.6. The Morgan fingerprint density at radius 1 is 0.750 bits per heavy atom. The van der Waals surface area contributed by atoms with E-state index in [1.807, 2.05) is 0 Å². The molecule has 0 saturated heterocycles. The van der Waals surface area contributed by atoms with Crippen LogP contribution in [0.15, 0.2) is 12.7 Å². The van der Waals surface area contributed by atoms with E-state index in [4.69, 9.17) is 24.0 Å². The number of unbranched alkanes of at least 4 members (excludes halogenated alkanes) is 15. The summed E-state index contributed by atoms with van der Waals surface area (Å²) in [4.78, 5) is 32.4. The zero-order valence-electron chi connectivity index (χ0n) is 17.8. The Labute approximate surface area is 172 Å². The van der Waals surface area contributed by atoms with Crippen molar-refractivity contribution in [1.82, 2.24) is 0 Å². The Morgan fingerprint density at radius 2 is 1.04 bits per heavy atom. The van der Waals surface area contributed by atoms with Gasteiger partial charge < -0.3 is 19.4 Å². The first-order valence-corrected chi connectivity index (χ1v) is 12.4. The van der Waals surface area contributed by atoms with Gasteiger partial charge in [-0.3, -0.25) is 0 Å². The summed E-state index contributed by atoms with van der Waals surface area (Å²) >= 11 is 0. The van der Waals surface area contributed by atoms with Gasteiger partial charge in [-0.05, 0) is 6.42 Å². The molecule has 0 saturated carbocycles. The van der Waals surface area contributed by atoms with E-state index in [1.165, 1.54) is 102 Å². The van der Waals surface area contributed by atoms with Crippen LogP contribution in [0.2, 0.25) is 0 Å². The summed E-state index contributed by atoms with van der Waals surface area (Å²) < 4.78 is 13.8. The first-order valence-electron chi connectivity index (χ1n) is 10.9. The van der Waals surface area contributed by atoms with Gasteiger partial charge in [-0.1, -0.05) is 110 Å². The standard InChI is InChI=1S/C21H40O2.H3O4P/c1-3-5-6-7-8-9-10-11-12-13-14-15-16-17-18-19-20-23-21(22)4-2;1-5(2,3)4/h4H,2-3,5-20H2,1H3;(H3,1,2,3,4). The SMILES string of the molecule is C=CC(=O)OCCCCCCCCCCCCCCCCCC.O=P(O)(O)O. The van der Waals surface area contributed by atoms with Gasteiger partial charge in [0.1, 0.15) is 0 Å². The average molecular weight is 423 g/mol. The summed E-state index contributed by atoms with van der Waals surface area (Å²) in [5, 5.41) is 0. The van der Waals surface area contributed by atoms with Crippen molar-refractivity contribution in [2.24, 2.45) is 0 Å². The van der Waals surface area contributed by atoms with Crippen molar-refractivity contribution in [3.8, 4) is 0 Å². The predicted octanol–water partition coefficient (Wildman–Crippen LogP) is 6.05. The molecule has 7 heteroatoms. The zero-order valence-corrected chi connectivity index (χ0v) is 18.7.